The lowest BCUT2D eigenvalue weighted by atomic mass is 10.2. The minimum Gasteiger partial charge on any atom is -0.386 e. The van der Waals surface area contributed by atoms with E-state index in [-0.39, 0.29) is 5.94 Å². The van der Waals surface area contributed by atoms with Crippen LogP contribution >= 0.6 is 35.3 Å². The lowest BCUT2D eigenvalue weighted by molar-refractivity contribution is 0.375. The van der Waals surface area contributed by atoms with Crippen LogP contribution in [0.5, 0.6) is 0 Å². The maximum atomic E-state index is 8.76. The van der Waals surface area contributed by atoms with Crippen molar-refractivity contribution in [2.75, 3.05) is 17.4 Å². The van der Waals surface area contributed by atoms with E-state index >= 15 is 0 Å². The van der Waals surface area contributed by atoms with Gasteiger partial charge < -0.3 is 5.11 Å². The Hall–Kier alpha value is 0.230. The van der Waals surface area contributed by atoms with Gasteiger partial charge in [0.2, 0.25) is 0 Å². The summed E-state index contributed by atoms with van der Waals surface area (Å²) in [6, 6.07) is 10.7. The number of rotatable bonds is 4. The maximum Gasteiger partial charge on any atom is 0.0886 e. The van der Waals surface area contributed by atoms with Gasteiger partial charge in [-0.1, -0.05) is 30.3 Å². The van der Waals surface area contributed by atoms with Crippen molar-refractivity contribution in [3.8, 4) is 0 Å². The second kappa shape index (κ2) is 6.09. The summed E-state index contributed by atoms with van der Waals surface area (Å²) < 4.78 is 0.593. The summed E-state index contributed by atoms with van der Waals surface area (Å²) in [5.41, 5.74) is 1.42. The third-order valence-electron chi connectivity index (χ3n) is 2.22. The highest BCUT2D eigenvalue weighted by atomic mass is 32.2. The van der Waals surface area contributed by atoms with Crippen LogP contribution in [0.2, 0.25) is 0 Å². The zero-order chi connectivity index (χ0) is 10.5. The van der Waals surface area contributed by atoms with E-state index in [1.165, 1.54) is 11.3 Å². The molecule has 0 aromatic heterocycles. The molecule has 1 aliphatic heterocycles. The van der Waals surface area contributed by atoms with Crippen LogP contribution in [0.4, 0.5) is 0 Å². The lowest BCUT2D eigenvalue weighted by Crippen LogP contribution is -2.04. The van der Waals surface area contributed by atoms with Crippen molar-refractivity contribution in [1.82, 2.24) is 0 Å². The summed E-state index contributed by atoms with van der Waals surface area (Å²) >= 11 is 5.68. The molecule has 2 atom stereocenters. The van der Waals surface area contributed by atoms with Gasteiger partial charge in [0.25, 0.3) is 0 Å². The van der Waals surface area contributed by atoms with E-state index < -0.39 is 0 Å². The highest BCUT2D eigenvalue weighted by molar-refractivity contribution is 8.20. The molecule has 1 aromatic carbocycles. The first-order chi connectivity index (χ1) is 7.40. The van der Waals surface area contributed by atoms with Crippen molar-refractivity contribution >= 4 is 35.3 Å². The Kier molecular flexibility index (Phi) is 4.75. The molecule has 82 valence electrons. The van der Waals surface area contributed by atoms with Gasteiger partial charge in [0, 0.05) is 16.8 Å². The molecule has 1 nitrogen and oxygen atoms in total. The van der Waals surface area contributed by atoms with Crippen LogP contribution in [-0.4, -0.2) is 27.8 Å². The average Bonchev–Trinajstić information content (AvgIpc) is 2.76. The van der Waals surface area contributed by atoms with Crippen LogP contribution in [0.15, 0.2) is 30.3 Å². The van der Waals surface area contributed by atoms with Gasteiger partial charge in [0.05, 0.1) is 10.5 Å². The SMILES string of the molecule is OCSCC1CSC(c2ccccc2)S1. The van der Waals surface area contributed by atoms with Crippen molar-refractivity contribution < 1.29 is 5.11 Å². The van der Waals surface area contributed by atoms with Gasteiger partial charge in [0.15, 0.2) is 0 Å². The van der Waals surface area contributed by atoms with E-state index in [0.29, 0.717) is 9.83 Å². The topological polar surface area (TPSA) is 20.2 Å². The van der Waals surface area contributed by atoms with Gasteiger partial charge in [-0.05, 0) is 5.56 Å². The summed E-state index contributed by atoms with van der Waals surface area (Å²) in [6.45, 7) is 0. The Labute approximate surface area is 103 Å². The van der Waals surface area contributed by atoms with Crippen LogP contribution in [0.3, 0.4) is 0 Å². The Morgan fingerprint density at radius 3 is 2.87 bits per heavy atom. The van der Waals surface area contributed by atoms with Gasteiger partial charge >= 0.3 is 0 Å². The molecule has 1 fully saturated rings. The van der Waals surface area contributed by atoms with E-state index in [9.17, 15) is 0 Å². The van der Waals surface area contributed by atoms with E-state index in [1.54, 1.807) is 11.8 Å². The van der Waals surface area contributed by atoms with Crippen molar-refractivity contribution in [2.24, 2.45) is 0 Å². The molecule has 0 amide bonds. The Morgan fingerprint density at radius 2 is 2.13 bits per heavy atom. The molecule has 1 aromatic rings. The predicted molar refractivity (Wildman–Crippen MR) is 72.6 cm³/mol. The fourth-order valence-electron chi connectivity index (χ4n) is 1.50. The summed E-state index contributed by atoms with van der Waals surface area (Å²) in [5, 5.41) is 9.45. The summed E-state index contributed by atoms with van der Waals surface area (Å²) in [7, 11) is 0. The monoisotopic (exact) mass is 258 g/mol. The molecule has 2 rings (SSSR count). The van der Waals surface area contributed by atoms with Crippen molar-refractivity contribution in [2.45, 2.75) is 9.83 Å². The molecule has 1 saturated heterocycles. The first-order valence-corrected chi connectivity index (χ1v) is 8.05. The minimum atomic E-state index is 0.248. The molecule has 0 aliphatic carbocycles. The molecule has 15 heavy (non-hydrogen) atoms. The molecule has 0 saturated carbocycles. The number of aliphatic hydroxyl groups excluding tert-OH is 1. The smallest absolute Gasteiger partial charge is 0.0886 e. The van der Waals surface area contributed by atoms with E-state index in [4.69, 9.17) is 5.11 Å². The van der Waals surface area contributed by atoms with Crippen LogP contribution in [0, 0.1) is 0 Å². The van der Waals surface area contributed by atoms with Crippen molar-refractivity contribution in [3.63, 3.8) is 0 Å². The summed E-state index contributed by atoms with van der Waals surface area (Å²) in [6.07, 6.45) is 0. The minimum absolute atomic E-state index is 0.248. The summed E-state index contributed by atoms with van der Waals surface area (Å²) in [4.78, 5) is 0. The van der Waals surface area contributed by atoms with Gasteiger partial charge in [0.1, 0.15) is 0 Å². The quantitative estimate of drug-likeness (QED) is 0.836. The summed E-state index contributed by atoms with van der Waals surface area (Å²) in [5.74, 6) is 2.52. The fraction of sp³-hybridized carbons (Fsp3) is 0.455. The molecule has 0 spiro atoms. The predicted octanol–water partition coefficient (Wildman–Crippen LogP) is 3.22. The number of thioether (sulfide) groups is 3. The first-order valence-electron chi connectivity index (χ1n) is 4.91. The number of aliphatic hydroxyl groups is 1. The van der Waals surface area contributed by atoms with Crippen molar-refractivity contribution in [3.05, 3.63) is 35.9 Å². The number of benzene rings is 1. The molecule has 2 unspecified atom stereocenters. The third kappa shape index (κ3) is 3.34. The highest BCUT2D eigenvalue weighted by Gasteiger charge is 2.26. The van der Waals surface area contributed by atoms with Crippen molar-refractivity contribution in [1.29, 1.82) is 0 Å². The average molecular weight is 258 g/mol. The normalized spacial score (nSPS) is 25.7. The molecule has 0 bridgehead atoms. The van der Waals surface area contributed by atoms with E-state index in [1.807, 2.05) is 23.5 Å². The largest absolute Gasteiger partial charge is 0.386 e. The maximum absolute atomic E-state index is 8.76. The highest BCUT2D eigenvalue weighted by Crippen LogP contribution is 2.49. The van der Waals surface area contributed by atoms with Gasteiger partial charge in [-0.25, -0.2) is 0 Å². The number of hydrogen-bond donors (Lipinski definition) is 1. The zero-order valence-electron chi connectivity index (χ0n) is 8.33. The third-order valence-corrected chi connectivity index (χ3v) is 6.61. The molecular weight excluding hydrogens is 244 g/mol. The Morgan fingerprint density at radius 1 is 1.33 bits per heavy atom. The zero-order valence-corrected chi connectivity index (χ0v) is 10.8. The van der Waals surface area contributed by atoms with E-state index in [0.717, 1.165) is 5.75 Å². The molecular formula is C11H14OS3. The molecule has 1 aliphatic rings. The Bertz CT molecular complexity index is 291. The van der Waals surface area contributed by atoms with Crippen LogP contribution < -0.4 is 0 Å². The second-order valence-electron chi connectivity index (χ2n) is 3.33. The van der Waals surface area contributed by atoms with E-state index in [2.05, 4.69) is 30.3 Å². The molecule has 0 radical (unpaired) electrons. The lowest BCUT2D eigenvalue weighted by Gasteiger charge is -2.09. The Balaban J connectivity index is 1.87. The van der Waals surface area contributed by atoms with Crippen LogP contribution in [-0.2, 0) is 0 Å². The van der Waals surface area contributed by atoms with Crippen LogP contribution in [0.25, 0.3) is 0 Å². The van der Waals surface area contributed by atoms with Crippen LogP contribution in [0.1, 0.15) is 10.1 Å². The molecule has 1 heterocycles. The second-order valence-corrected chi connectivity index (χ2v) is 7.18. The number of hydrogen-bond acceptors (Lipinski definition) is 4. The van der Waals surface area contributed by atoms with Gasteiger partial charge in [-0.2, -0.15) is 0 Å². The molecule has 4 heteroatoms. The fourth-order valence-corrected chi connectivity index (χ4v) is 5.83. The van der Waals surface area contributed by atoms with Gasteiger partial charge in [-0.15, -0.1) is 35.3 Å². The standard InChI is InChI=1S/C11H14OS3/c12-8-13-6-10-7-14-11(15-10)9-4-2-1-3-5-9/h1-5,10-12H,6-8H2. The first kappa shape index (κ1) is 11.7. The molecule has 1 N–H and O–H groups in total. The van der Waals surface area contributed by atoms with Gasteiger partial charge in [-0.3, -0.25) is 0 Å².